The predicted octanol–water partition coefficient (Wildman–Crippen LogP) is 2.59. The first-order valence-corrected chi connectivity index (χ1v) is 10.4. The van der Waals surface area contributed by atoms with Crippen molar-refractivity contribution in [3.63, 3.8) is 0 Å². The van der Waals surface area contributed by atoms with Gasteiger partial charge in [-0.05, 0) is 26.0 Å². The highest BCUT2D eigenvalue weighted by Gasteiger charge is 2.52. The highest BCUT2D eigenvalue weighted by atomic mass is 35.5. The molecule has 1 saturated heterocycles. The van der Waals surface area contributed by atoms with Gasteiger partial charge in [-0.1, -0.05) is 11.8 Å². The Bertz CT molecular complexity index is 1000. The third-order valence-electron chi connectivity index (χ3n) is 5.01. The van der Waals surface area contributed by atoms with Crippen molar-refractivity contribution in [2.24, 2.45) is 16.6 Å². The largest absolute Gasteiger partial charge is 0.384 e. The summed E-state index contributed by atoms with van der Waals surface area (Å²) < 4.78 is 13.7. The van der Waals surface area contributed by atoms with E-state index in [4.69, 9.17) is 5.73 Å². The van der Waals surface area contributed by atoms with E-state index in [-0.39, 0.29) is 28.8 Å². The maximum atomic E-state index is 14.1. The van der Waals surface area contributed by atoms with E-state index in [1.165, 1.54) is 36.9 Å². The van der Waals surface area contributed by atoms with Gasteiger partial charge in [-0.25, -0.2) is 14.4 Å². The summed E-state index contributed by atoms with van der Waals surface area (Å²) >= 11 is 2.96. The summed E-state index contributed by atoms with van der Waals surface area (Å²) in [5.74, 6) is -0.126. The Hall–Kier alpha value is -1.93. The van der Waals surface area contributed by atoms with Crippen LogP contribution in [-0.2, 0) is 10.3 Å². The molecule has 0 aliphatic carbocycles. The van der Waals surface area contributed by atoms with Gasteiger partial charge in [0.1, 0.15) is 22.2 Å². The second-order valence-electron chi connectivity index (χ2n) is 7.45. The molecule has 4 heterocycles. The van der Waals surface area contributed by atoms with Crippen LogP contribution >= 0.6 is 35.5 Å². The van der Waals surface area contributed by atoms with Crippen molar-refractivity contribution in [1.82, 2.24) is 9.97 Å². The molecule has 0 aromatic carbocycles. The number of aliphatic hydroxyl groups is 1. The quantitative estimate of drug-likeness (QED) is 0.733. The van der Waals surface area contributed by atoms with E-state index in [1.54, 1.807) is 0 Å². The van der Waals surface area contributed by atoms with Crippen molar-refractivity contribution >= 4 is 46.6 Å². The van der Waals surface area contributed by atoms with Crippen molar-refractivity contribution in [3.8, 4) is 6.07 Å². The molecule has 154 valence electrons. The zero-order valence-electron chi connectivity index (χ0n) is 15.8. The van der Waals surface area contributed by atoms with Crippen LogP contribution < -0.4 is 10.6 Å². The van der Waals surface area contributed by atoms with Crippen molar-refractivity contribution in [2.75, 3.05) is 24.5 Å². The number of aliphatic imine (C=N–C) groups is 1. The number of rotatable bonds is 3. The molecule has 2 aromatic rings. The summed E-state index contributed by atoms with van der Waals surface area (Å²) in [5.41, 5.74) is 4.61. The molecule has 0 spiro atoms. The van der Waals surface area contributed by atoms with Crippen LogP contribution in [-0.4, -0.2) is 39.9 Å². The summed E-state index contributed by atoms with van der Waals surface area (Å²) in [5, 5.41) is 20.0. The summed E-state index contributed by atoms with van der Waals surface area (Å²) in [6.07, 6.45) is 1.10. The SMILES string of the molecule is CC(C)(O)c1nc(N2C[C@@H]3CN=C(N)S[C@@]3(c3ccc(C#N)s3)C2)ncc1F.Cl. The number of hydrogen-bond acceptors (Lipinski definition) is 9. The van der Waals surface area contributed by atoms with Gasteiger partial charge in [-0.2, -0.15) is 5.26 Å². The highest BCUT2D eigenvalue weighted by Crippen LogP contribution is 2.52. The lowest BCUT2D eigenvalue weighted by molar-refractivity contribution is 0.0693. The molecule has 1 fully saturated rings. The summed E-state index contributed by atoms with van der Waals surface area (Å²) in [7, 11) is 0. The third-order valence-corrected chi connectivity index (χ3v) is 7.69. The standard InChI is InChI=1S/C18H19FN6OS2.ClH/c1-17(2,26)14-12(19)7-23-16(24-14)25-8-10-6-22-15(21)28-18(10,9-25)13-4-3-11(5-20)27-13;/h3-4,7,10,26H,6,8-9H2,1-2H3,(H2,21,22);1H/t10-,18-;/m0./s1. The first kappa shape index (κ1) is 21.8. The highest BCUT2D eigenvalue weighted by molar-refractivity contribution is 8.14. The Morgan fingerprint density at radius 1 is 1.45 bits per heavy atom. The number of hydrogen-bond donors (Lipinski definition) is 2. The number of nitrogens with two attached hydrogens (primary N) is 1. The van der Waals surface area contributed by atoms with Crippen LogP contribution in [0.1, 0.15) is 29.3 Å². The second-order valence-corrected chi connectivity index (χ2v) is 9.88. The van der Waals surface area contributed by atoms with E-state index in [1.807, 2.05) is 17.0 Å². The second kappa shape index (κ2) is 7.72. The van der Waals surface area contributed by atoms with Gasteiger partial charge < -0.3 is 15.7 Å². The van der Waals surface area contributed by atoms with Crippen molar-refractivity contribution in [2.45, 2.75) is 24.2 Å². The summed E-state index contributed by atoms with van der Waals surface area (Å²) in [4.78, 5) is 16.6. The minimum Gasteiger partial charge on any atom is -0.384 e. The molecule has 2 aromatic heterocycles. The van der Waals surface area contributed by atoms with Gasteiger partial charge in [-0.3, -0.25) is 4.99 Å². The van der Waals surface area contributed by atoms with Crippen molar-refractivity contribution in [1.29, 1.82) is 5.26 Å². The fourth-order valence-electron chi connectivity index (χ4n) is 3.68. The molecular formula is C18H20ClFN6OS2. The van der Waals surface area contributed by atoms with E-state index >= 15 is 0 Å². The van der Waals surface area contributed by atoms with E-state index in [9.17, 15) is 14.8 Å². The number of thioether (sulfide) groups is 1. The molecule has 2 aliphatic rings. The maximum Gasteiger partial charge on any atom is 0.225 e. The first-order valence-electron chi connectivity index (χ1n) is 8.72. The average Bonchev–Trinajstić information content (AvgIpc) is 3.26. The number of thiophene rings is 1. The predicted molar refractivity (Wildman–Crippen MR) is 115 cm³/mol. The van der Waals surface area contributed by atoms with E-state index in [0.29, 0.717) is 35.6 Å². The van der Waals surface area contributed by atoms with Gasteiger partial charge >= 0.3 is 0 Å². The molecule has 4 rings (SSSR count). The minimum atomic E-state index is -1.41. The first-order chi connectivity index (χ1) is 13.2. The smallest absolute Gasteiger partial charge is 0.225 e. The number of halogens is 2. The fourth-order valence-corrected chi connectivity index (χ4v) is 6.10. The minimum absolute atomic E-state index is 0. The van der Waals surface area contributed by atoms with Crippen LogP contribution in [0.4, 0.5) is 10.3 Å². The number of amidine groups is 1. The van der Waals surface area contributed by atoms with Crippen LogP contribution in [0, 0.1) is 23.1 Å². The lowest BCUT2D eigenvalue weighted by Gasteiger charge is -2.34. The normalized spacial score (nSPS) is 23.8. The molecule has 7 nitrogen and oxygen atoms in total. The molecule has 0 saturated carbocycles. The van der Waals surface area contributed by atoms with Gasteiger partial charge in [-0.15, -0.1) is 23.7 Å². The van der Waals surface area contributed by atoms with Crippen LogP contribution in [0.3, 0.4) is 0 Å². The van der Waals surface area contributed by atoms with Gasteiger partial charge in [0.25, 0.3) is 0 Å². The number of aromatic nitrogens is 2. The lowest BCUT2D eigenvalue weighted by atomic mass is 9.93. The van der Waals surface area contributed by atoms with Gasteiger partial charge in [0.15, 0.2) is 11.0 Å². The molecular weight excluding hydrogens is 435 g/mol. The Labute approximate surface area is 182 Å². The molecule has 0 radical (unpaired) electrons. The number of fused-ring (bicyclic) bond motifs is 1. The van der Waals surface area contributed by atoms with Crippen molar-refractivity contribution in [3.05, 3.63) is 39.6 Å². The molecule has 0 bridgehead atoms. The molecule has 29 heavy (non-hydrogen) atoms. The Morgan fingerprint density at radius 3 is 2.86 bits per heavy atom. The zero-order valence-corrected chi connectivity index (χ0v) is 18.2. The fraction of sp³-hybridized carbons (Fsp3) is 0.444. The number of nitrogens with zero attached hydrogens (tertiary/aromatic N) is 5. The molecule has 0 unspecified atom stereocenters. The van der Waals surface area contributed by atoms with Gasteiger partial charge in [0.05, 0.1) is 10.9 Å². The zero-order chi connectivity index (χ0) is 20.1. The molecule has 11 heteroatoms. The number of anilines is 1. The average molecular weight is 455 g/mol. The molecule has 2 atom stereocenters. The lowest BCUT2D eigenvalue weighted by Crippen LogP contribution is -2.38. The van der Waals surface area contributed by atoms with E-state index in [2.05, 4.69) is 21.0 Å². The molecule has 3 N–H and O–H groups in total. The Balaban J connectivity index is 0.00000240. The third kappa shape index (κ3) is 3.80. The Morgan fingerprint density at radius 2 is 2.21 bits per heavy atom. The van der Waals surface area contributed by atoms with E-state index in [0.717, 1.165) is 11.1 Å². The van der Waals surface area contributed by atoms with Crippen LogP contribution in [0.2, 0.25) is 0 Å². The van der Waals surface area contributed by atoms with Crippen LogP contribution in [0.25, 0.3) is 0 Å². The summed E-state index contributed by atoms with van der Waals surface area (Å²) in [6.45, 7) is 4.73. The molecule has 2 aliphatic heterocycles. The van der Waals surface area contributed by atoms with Gasteiger partial charge in [0.2, 0.25) is 5.95 Å². The topological polar surface area (TPSA) is 111 Å². The van der Waals surface area contributed by atoms with Gasteiger partial charge in [0, 0.05) is 30.4 Å². The molecule has 0 amide bonds. The summed E-state index contributed by atoms with van der Waals surface area (Å²) in [6, 6.07) is 5.98. The van der Waals surface area contributed by atoms with E-state index < -0.39 is 11.4 Å². The monoisotopic (exact) mass is 454 g/mol. The maximum absolute atomic E-state index is 14.1. The Kier molecular flexibility index (Phi) is 5.80. The van der Waals surface area contributed by atoms with Crippen LogP contribution in [0.5, 0.6) is 0 Å². The van der Waals surface area contributed by atoms with Crippen molar-refractivity contribution < 1.29 is 9.50 Å². The van der Waals surface area contributed by atoms with Crippen LogP contribution in [0.15, 0.2) is 23.3 Å². The number of nitriles is 1.